The number of fused-ring (bicyclic) bond motifs is 3. The van der Waals surface area contributed by atoms with Gasteiger partial charge in [0.15, 0.2) is 0 Å². The highest BCUT2D eigenvalue weighted by molar-refractivity contribution is 14.2. The van der Waals surface area contributed by atoms with Crippen LogP contribution in [0.5, 0.6) is 0 Å². The average Bonchev–Trinajstić information content (AvgIpc) is 2.74. The van der Waals surface area contributed by atoms with Gasteiger partial charge in [0.25, 0.3) is 5.91 Å². The van der Waals surface area contributed by atoms with Crippen molar-refractivity contribution in [3.63, 3.8) is 0 Å². The van der Waals surface area contributed by atoms with Crippen molar-refractivity contribution in [2.24, 2.45) is 5.92 Å². The van der Waals surface area contributed by atoms with E-state index >= 15 is 0 Å². The van der Waals surface area contributed by atoms with Gasteiger partial charge in [-0.05, 0) is 75.8 Å². The Morgan fingerprint density at radius 2 is 1.52 bits per heavy atom. The average molecular weight is 564 g/mol. The van der Waals surface area contributed by atoms with Crippen LogP contribution in [0, 0.1) is 5.92 Å². The quantitative estimate of drug-likeness (QED) is 0.400. The number of carbonyl (C=O) groups excluding carboxylic acids is 1. The fourth-order valence-corrected chi connectivity index (χ4v) is 9.91. The summed E-state index contributed by atoms with van der Waals surface area (Å²) in [5, 5.41) is 13.4. The van der Waals surface area contributed by atoms with E-state index < -0.39 is 6.23 Å². The van der Waals surface area contributed by atoms with Crippen molar-refractivity contribution in [1.82, 2.24) is 4.90 Å². The first kappa shape index (κ1) is 22.5. The summed E-state index contributed by atoms with van der Waals surface area (Å²) in [4.78, 5) is 18.0. The number of nitrogens with one attached hydrogen (secondary N) is 1. The number of piperidine rings is 2. The van der Waals surface area contributed by atoms with Gasteiger partial charge in [0.1, 0.15) is 0 Å². The highest BCUT2D eigenvalue weighted by atomic mass is 127. The molecule has 1 aromatic carbocycles. The zero-order chi connectivity index (χ0) is 22.4. The number of nitrogens with zero attached hydrogens (tertiary/aromatic N) is 2. The van der Waals surface area contributed by atoms with Gasteiger partial charge < -0.3 is 15.3 Å². The Bertz CT molecular complexity index is 883. The van der Waals surface area contributed by atoms with Crippen LogP contribution in [0.3, 0.4) is 0 Å². The number of aliphatic hydroxyl groups excluding tert-OH is 1. The molecule has 0 aromatic heterocycles. The molecule has 180 valence electrons. The first-order chi connectivity index (χ1) is 16.2. The first-order valence-electron chi connectivity index (χ1n) is 13.3. The molecule has 6 heteroatoms. The number of hydrogen-bond acceptors (Lipinski definition) is 4. The van der Waals surface area contributed by atoms with E-state index in [0.717, 1.165) is 40.1 Å². The summed E-state index contributed by atoms with van der Waals surface area (Å²) < 4.78 is 3.68. The van der Waals surface area contributed by atoms with Crippen LogP contribution in [-0.2, 0) is 4.79 Å². The minimum absolute atomic E-state index is 0.182. The Morgan fingerprint density at radius 1 is 0.879 bits per heavy atom. The van der Waals surface area contributed by atoms with Gasteiger partial charge in [-0.1, -0.05) is 35.4 Å². The van der Waals surface area contributed by atoms with Gasteiger partial charge in [-0.15, -0.1) is 20.7 Å². The van der Waals surface area contributed by atoms with Crippen molar-refractivity contribution in [3.05, 3.63) is 24.3 Å². The lowest BCUT2D eigenvalue weighted by molar-refractivity contribution is -0.127. The molecule has 5 atom stereocenters. The van der Waals surface area contributed by atoms with E-state index in [4.69, 9.17) is 0 Å². The van der Waals surface area contributed by atoms with Gasteiger partial charge in [-0.25, -0.2) is 0 Å². The van der Waals surface area contributed by atoms with Crippen molar-refractivity contribution in [2.75, 3.05) is 10.2 Å². The third-order valence-electron chi connectivity index (χ3n) is 9.02. The smallest absolute Gasteiger partial charge is 0.277 e. The van der Waals surface area contributed by atoms with Gasteiger partial charge in [-0.3, -0.25) is 9.69 Å². The van der Waals surface area contributed by atoms with Crippen LogP contribution in [-0.4, -0.2) is 54.2 Å². The van der Waals surface area contributed by atoms with E-state index in [-0.39, 0.29) is 11.9 Å². The van der Waals surface area contributed by atoms with Gasteiger partial charge in [0.05, 0.1) is 11.4 Å². The van der Waals surface area contributed by atoms with Crippen LogP contribution < -0.4 is 10.2 Å². The zero-order valence-electron chi connectivity index (χ0n) is 19.5. The molecule has 1 saturated carbocycles. The fourth-order valence-electron chi connectivity index (χ4n) is 7.50. The number of aliphatic hydroxyl groups is 1. The predicted octanol–water partition coefficient (Wildman–Crippen LogP) is 5.03. The van der Waals surface area contributed by atoms with Crippen LogP contribution in [0.4, 0.5) is 11.4 Å². The van der Waals surface area contributed by atoms with Gasteiger partial charge in [0, 0.05) is 28.1 Å². The van der Waals surface area contributed by atoms with E-state index in [1.807, 2.05) is 29.2 Å². The predicted molar refractivity (Wildman–Crippen MR) is 143 cm³/mol. The number of anilines is 2. The van der Waals surface area contributed by atoms with E-state index in [1.165, 1.54) is 64.2 Å². The number of hydrogen-bond donors (Lipinski definition) is 2. The second-order valence-corrected chi connectivity index (χ2v) is 14.1. The SMILES string of the molecule is O=C1C(O)Nc2ccccc2N1C1C[C@H]2CCC[C@@H](C1)N2C1CCCC(C2CC=I2)CCC1. The Morgan fingerprint density at radius 3 is 2.18 bits per heavy atom. The summed E-state index contributed by atoms with van der Waals surface area (Å²) >= 11 is 0.419. The normalized spacial score (nSPS) is 39.4. The summed E-state index contributed by atoms with van der Waals surface area (Å²) in [6.07, 6.45) is 14.7. The van der Waals surface area contributed by atoms with Gasteiger partial charge >= 0.3 is 0 Å². The number of alkyl halides is 1. The summed E-state index contributed by atoms with van der Waals surface area (Å²) in [7, 11) is 0. The highest BCUT2D eigenvalue weighted by Crippen LogP contribution is 2.44. The molecule has 2 N–H and O–H groups in total. The Hall–Kier alpha value is -0.990. The molecule has 0 radical (unpaired) electrons. The van der Waals surface area contributed by atoms with Crippen molar-refractivity contribution in [3.8, 4) is 0 Å². The van der Waals surface area contributed by atoms with Crippen LogP contribution >= 0.6 is 20.7 Å². The summed E-state index contributed by atoms with van der Waals surface area (Å²) in [5.74, 6) is 0.845. The van der Waals surface area contributed by atoms with Crippen molar-refractivity contribution in [2.45, 2.75) is 111 Å². The molecule has 4 heterocycles. The van der Waals surface area contributed by atoms with Crippen LogP contribution in [0.15, 0.2) is 24.3 Å². The van der Waals surface area contributed by atoms with Crippen molar-refractivity contribution >= 4 is 42.0 Å². The van der Waals surface area contributed by atoms with Gasteiger partial charge in [-0.2, -0.15) is 0 Å². The number of rotatable bonds is 3. The molecule has 3 unspecified atom stereocenters. The molecule has 6 rings (SSSR count). The molecule has 5 aliphatic rings. The second kappa shape index (κ2) is 9.57. The minimum Gasteiger partial charge on any atom is -0.366 e. The van der Waals surface area contributed by atoms with E-state index in [2.05, 4.69) is 14.2 Å². The van der Waals surface area contributed by atoms with E-state index in [0.29, 0.717) is 32.8 Å². The number of benzene rings is 1. The van der Waals surface area contributed by atoms with Gasteiger partial charge in [0.2, 0.25) is 6.23 Å². The lowest BCUT2D eigenvalue weighted by Gasteiger charge is -2.55. The highest BCUT2D eigenvalue weighted by Gasteiger charge is 2.46. The number of halogens is 1. The Labute approximate surface area is 208 Å². The Kier molecular flexibility index (Phi) is 6.52. The molecule has 2 bridgehead atoms. The number of carbonyl (C=O) groups is 1. The summed E-state index contributed by atoms with van der Waals surface area (Å²) in [6.45, 7) is 0. The topological polar surface area (TPSA) is 55.8 Å². The van der Waals surface area contributed by atoms with Crippen LogP contribution in [0.25, 0.3) is 0 Å². The maximum absolute atomic E-state index is 13.1. The molecule has 0 spiro atoms. The van der Waals surface area contributed by atoms with Crippen LogP contribution in [0.2, 0.25) is 0 Å². The molecule has 1 aliphatic carbocycles. The molecule has 1 aromatic rings. The second-order valence-electron chi connectivity index (χ2n) is 10.9. The van der Waals surface area contributed by atoms with Crippen LogP contribution in [0.1, 0.15) is 77.0 Å². The number of para-hydroxylation sites is 2. The standard InChI is InChI=1S/C27H38IN3O2/c32-26-27(33)31(25-13-2-1-12-24(25)29-26)22-16-20-10-5-11-21(17-22)30(20)19-8-3-6-18(7-4-9-19)23-14-15-28-23/h1-2,12-13,15,18-23,26,29,32H,3-11,14,16-17H2/t18?,19?,20-,21+,22?,23?,26?. The minimum atomic E-state index is -1.13. The largest absolute Gasteiger partial charge is 0.366 e. The molecular weight excluding hydrogens is 525 g/mol. The maximum Gasteiger partial charge on any atom is 0.277 e. The van der Waals surface area contributed by atoms with E-state index in [1.54, 1.807) is 0 Å². The third kappa shape index (κ3) is 4.29. The van der Waals surface area contributed by atoms with Crippen molar-refractivity contribution < 1.29 is 9.90 Å². The maximum atomic E-state index is 13.1. The Balaban J connectivity index is 1.17. The number of amides is 1. The first-order valence-corrected chi connectivity index (χ1v) is 15.8. The molecule has 33 heavy (non-hydrogen) atoms. The van der Waals surface area contributed by atoms with E-state index in [9.17, 15) is 9.90 Å². The molecule has 2 saturated heterocycles. The van der Waals surface area contributed by atoms with Crippen molar-refractivity contribution in [1.29, 1.82) is 0 Å². The lowest BCUT2D eigenvalue weighted by atomic mass is 9.77. The molecule has 4 aliphatic heterocycles. The zero-order valence-corrected chi connectivity index (χ0v) is 21.7. The molecule has 5 nitrogen and oxygen atoms in total. The molecule has 1 amide bonds. The summed E-state index contributed by atoms with van der Waals surface area (Å²) in [5.41, 5.74) is 1.82. The molecular formula is C27H38IN3O2. The molecule has 3 fully saturated rings. The summed E-state index contributed by atoms with van der Waals surface area (Å²) in [6, 6.07) is 10.1. The fraction of sp³-hybridized carbons (Fsp3) is 0.704. The lowest BCUT2D eigenvalue weighted by Crippen LogP contribution is -2.62. The monoisotopic (exact) mass is 563 g/mol. The third-order valence-corrected chi connectivity index (χ3v) is 12.5.